The maximum Gasteiger partial charge on any atom is 0.255 e. The van der Waals surface area contributed by atoms with Crippen molar-refractivity contribution >= 4 is 40.7 Å². The van der Waals surface area contributed by atoms with E-state index >= 15 is 0 Å². The van der Waals surface area contributed by atoms with Crippen LogP contribution in [0.15, 0.2) is 12.1 Å². The average Bonchev–Trinajstić information content (AvgIpc) is 2.33. The molecule has 1 aromatic rings. The number of anilines is 1. The van der Waals surface area contributed by atoms with E-state index in [9.17, 15) is 9.59 Å². The number of fused-ring (bicyclic) bond motifs is 1. The fourth-order valence-electron chi connectivity index (χ4n) is 1.46. The molecule has 1 unspecified atom stereocenters. The summed E-state index contributed by atoms with van der Waals surface area (Å²) < 4.78 is 0. The molecule has 0 aromatic heterocycles. The molecule has 0 bridgehead atoms. The van der Waals surface area contributed by atoms with Gasteiger partial charge in [-0.2, -0.15) is 0 Å². The molecule has 1 aromatic carbocycles. The predicted molar refractivity (Wildman–Crippen MR) is 62.0 cm³/mol. The highest BCUT2D eigenvalue weighted by Crippen LogP contribution is 2.33. The molecular formula is C10H8Cl2N2O2. The second kappa shape index (κ2) is 3.96. The average molecular weight is 259 g/mol. The first-order valence-electron chi connectivity index (χ1n) is 4.60. The van der Waals surface area contributed by atoms with E-state index in [1.54, 1.807) is 6.92 Å². The lowest BCUT2D eigenvalue weighted by Crippen LogP contribution is -2.38. The van der Waals surface area contributed by atoms with E-state index in [1.165, 1.54) is 12.1 Å². The lowest BCUT2D eigenvalue weighted by Gasteiger charge is -2.08. The number of nitrogens with one attached hydrogen (secondary N) is 2. The van der Waals surface area contributed by atoms with E-state index < -0.39 is 11.9 Å². The molecule has 84 valence electrons. The molecule has 2 N–H and O–H groups in total. The van der Waals surface area contributed by atoms with Crippen molar-refractivity contribution in [3.63, 3.8) is 0 Å². The molecule has 1 heterocycles. The molecule has 2 rings (SSSR count). The Morgan fingerprint density at radius 3 is 2.50 bits per heavy atom. The molecule has 4 nitrogen and oxygen atoms in total. The van der Waals surface area contributed by atoms with Crippen molar-refractivity contribution < 1.29 is 9.59 Å². The summed E-state index contributed by atoms with van der Waals surface area (Å²) in [6.45, 7) is 1.58. The summed E-state index contributed by atoms with van der Waals surface area (Å²) in [4.78, 5) is 23.3. The second-order valence-electron chi connectivity index (χ2n) is 3.46. The summed E-state index contributed by atoms with van der Waals surface area (Å²) in [5.74, 6) is -0.732. The van der Waals surface area contributed by atoms with Crippen LogP contribution in [-0.2, 0) is 4.79 Å². The molecule has 0 radical (unpaired) electrons. The van der Waals surface area contributed by atoms with Crippen molar-refractivity contribution in [3.05, 3.63) is 27.7 Å². The molecule has 0 fully saturated rings. The highest BCUT2D eigenvalue weighted by atomic mass is 35.5. The fourth-order valence-corrected chi connectivity index (χ4v) is 1.91. The number of amides is 2. The molecule has 6 heteroatoms. The zero-order chi connectivity index (χ0) is 11.9. The fraction of sp³-hybridized carbons (Fsp3) is 0.200. The van der Waals surface area contributed by atoms with Crippen molar-refractivity contribution in [2.75, 3.05) is 5.32 Å². The molecule has 0 saturated carbocycles. The Labute approximate surface area is 102 Å². The van der Waals surface area contributed by atoms with Gasteiger partial charge in [-0.05, 0) is 19.1 Å². The Hall–Kier alpha value is -1.26. The van der Waals surface area contributed by atoms with Gasteiger partial charge >= 0.3 is 0 Å². The van der Waals surface area contributed by atoms with Gasteiger partial charge in [-0.15, -0.1) is 0 Å². The van der Waals surface area contributed by atoms with Gasteiger partial charge in [0.1, 0.15) is 6.04 Å². The number of hydrogen-bond donors (Lipinski definition) is 2. The Morgan fingerprint density at radius 2 is 1.81 bits per heavy atom. The number of rotatable bonds is 0. The third kappa shape index (κ3) is 1.74. The second-order valence-corrected chi connectivity index (χ2v) is 4.28. The summed E-state index contributed by atoms with van der Waals surface area (Å²) >= 11 is 11.8. The van der Waals surface area contributed by atoms with Crippen LogP contribution in [0, 0.1) is 0 Å². The van der Waals surface area contributed by atoms with Gasteiger partial charge in [0.15, 0.2) is 0 Å². The number of halogens is 2. The van der Waals surface area contributed by atoms with Gasteiger partial charge in [-0.3, -0.25) is 9.59 Å². The number of carbonyl (C=O) groups excluding carboxylic acids is 2. The Balaban J connectivity index is 2.64. The molecule has 2 amide bonds. The minimum absolute atomic E-state index is 0.201. The van der Waals surface area contributed by atoms with Crippen LogP contribution in [0.3, 0.4) is 0 Å². The number of hydrogen-bond acceptors (Lipinski definition) is 2. The lowest BCUT2D eigenvalue weighted by molar-refractivity contribution is -0.117. The van der Waals surface area contributed by atoms with E-state index in [-0.39, 0.29) is 27.2 Å². The zero-order valence-corrected chi connectivity index (χ0v) is 9.82. The van der Waals surface area contributed by atoms with E-state index in [0.29, 0.717) is 0 Å². The van der Waals surface area contributed by atoms with E-state index in [0.717, 1.165) is 0 Å². The SMILES string of the molecule is CC1NC(=O)c2c(Cl)ccc(Cl)c2NC1=O. The first kappa shape index (κ1) is 11.2. The third-order valence-electron chi connectivity index (χ3n) is 2.32. The molecule has 1 aliphatic rings. The zero-order valence-electron chi connectivity index (χ0n) is 8.30. The van der Waals surface area contributed by atoms with Gasteiger partial charge in [-0.1, -0.05) is 23.2 Å². The van der Waals surface area contributed by atoms with Gasteiger partial charge in [0.2, 0.25) is 5.91 Å². The van der Waals surface area contributed by atoms with Gasteiger partial charge in [0.25, 0.3) is 5.91 Å². The standard InChI is InChI=1S/C10H8Cl2N2O2/c1-4-9(15)14-8-6(12)3-2-5(11)7(8)10(16)13-4/h2-4H,1H3,(H,13,16)(H,14,15). The highest BCUT2D eigenvalue weighted by Gasteiger charge is 2.27. The van der Waals surface area contributed by atoms with Crippen molar-refractivity contribution in [2.45, 2.75) is 13.0 Å². The van der Waals surface area contributed by atoms with E-state index in [4.69, 9.17) is 23.2 Å². The van der Waals surface area contributed by atoms with Gasteiger partial charge < -0.3 is 10.6 Å². The summed E-state index contributed by atoms with van der Waals surface area (Å²) in [6.07, 6.45) is 0. The van der Waals surface area contributed by atoms with E-state index in [1.807, 2.05) is 0 Å². The molecule has 16 heavy (non-hydrogen) atoms. The summed E-state index contributed by atoms with van der Waals surface area (Å²) in [5.41, 5.74) is 0.466. The largest absolute Gasteiger partial charge is 0.340 e. The van der Waals surface area contributed by atoms with Gasteiger partial charge in [-0.25, -0.2) is 0 Å². The maximum absolute atomic E-state index is 11.8. The van der Waals surface area contributed by atoms with Crippen LogP contribution in [0.25, 0.3) is 0 Å². The summed E-state index contributed by atoms with van der Waals surface area (Å²) in [5, 5.41) is 5.64. The first-order valence-corrected chi connectivity index (χ1v) is 5.36. The molecule has 1 atom stereocenters. The lowest BCUT2D eigenvalue weighted by atomic mass is 10.1. The topological polar surface area (TPSA) is 58.2 Å². The van der Waals surface area contributed by atoms with Gasteiger partial charge in [0, 0.05) is 0 Å². The minimum atomic E-state index is -0.618. The Morgan fingerprint density at radius 1 is 1.19 bits per heavy atom. The summed E-state index contributed by atoms with van der Waals surface area (Å²) in [6, 6.07) is 2.43. The van der Waals surface area contributed by atoms with Crippen LogP contribution in [-0.4, -0.2) is 17.9 Å². The number of carbonyl (C=O) groups is 2. The first-order chi connectivity index (χ1) is 7.50. The minimum Gasteiger partial charge on any atom is -0.340 e. The number of benzene rings is 1. The van der Waals surface area contributed by atoms with Crippen LogP contribution in [0.5, 0.6) is 0 Å². The monoisotopic (exact) mass is 258 g/mol. The van der Waals surface area contributed by atoms with Crippen LogP contribution in [0.1, 0.15) is 17.3 Å². The maximum atomic E-state index is 11.8. The van der Waals surface area contributed by atoms with Gasteiger partial charge in [0.05, 0.1) is 21.3 Å². The van der Waals surface area contributed by atoms with Crippen LogP contribution in [0.4, 0.5) is 5.69 Å². The van der Waals surface area contributed by atoms with Crippen molar-refractivity contribution in [2.24, 2.45) is 0 Å². The Kier molecular flexibility index (Phi) is 2.78. The Bertz CT molecular complexity index is 488. The van der Waals surface area contributed by atoms with Crippen LogP contribution in [0.2, 0.25) is 10.0 Å². The molecule has 1 aliphatic heterocycles. The normalized spacial score (nSPS) is 19.6. The predicted octanol–water partition coefficient (Wildman–Crippen LogP) is 2.06. The quantitative estimate of drug-likeness (QED) is 0.749. The molecule has 0 saturated heterocycles. The summed E-state index contributed by atoms with van der Waals surface area (Å²) in [7, 11) is 0. The van der Waals surface area contributed by atoms with Crippen LogP contribution >= 0.6 is 23.2 Å². The third-order valence-corrected chi connectivity index (χ3v) is 2.95. The molecule has 0 aliphatic carbocycles. The van der Waals surface area contributed by atoms with Crippen molar-refractivity contribution in [1.82, 2.24) is 5.32 Å². The van der Waals surface area contributed by atoms with Crippen molar-refractivity contribution in [1.29, 1.82) is 0 Å². The molecular weight excluding hydrogens is 251 g/mol. The molecule has 0 spiro atoms. The highest BCUT2D eigenvalue weighted by molar-refractivity contribution is 6.39. The van der Waals surface area contributed by atoms with E-state index in [2.05, 4.69) is 10.6 Å². The smallest absolute Gasteiger partial charge is 0.255 e. The van der Waals surface area contributed by atoms with Crippen LogP contribution < -0.4 is 10.6 Å². The van der Waals surface area contributed by atoms with Crippen molar-refractivity contribution in [3.8, 4) is 0 Å².